The van der Waals surface area contributed by atoms with Gasteiger partial charge >= 0.3 is 0 Å². The molecule has 0 saturated carbocycles. The van der Waals surface area contributed by atoms with Gasteiger partial charge in [-0.25, -0.2) is 9.67 Å². The van der Waals surface area contributed by atoms with Gasteiger partial charge in [0.15, 0.2) is 0 Å². The summed E-state index contributed by atoms with van der Waals surface area (Å²) >= 11 is 6.54. The molecule has 0 aliphatic carbocycles. The number of nitrogens with one attached hydrogen (secondary N) is 1. The maximum Gasteiger partial charge on any atom is 0.256 e. The van der Waals surface area contributed by atoms with Crippen LogP contribution in [-0.2, 0) is 6.54 Å². The largest absolute Gasteiger partial charge is 0.345 e. The van der Waals surface area contributed by atoms with Gasteiger partial charge in [0.05, 0.1) is 30.2 Å². The summed E-state index contributed by atoms with van der Waals surface area (Å²) in [5.41, 5.74) is 5.30. The molecule has 4 aromatic rings. The molecule has 1 unspecified atom stereocenters. The first kappa shape index (κ1) is 20.9. The van der Waals surface area contributed by atoms with Crippen LogP contribution in [0, 0.1) is 13.8 Å². The normalized spacial score (nSPS) is 12.0. The number of nitrogens with zero attached hydrogens (tertiary/aromatic N) is 4. The third-order valence-electron chi connectivity index (χ3n) is 5.29. The van der Waals surface area contributed by atoms with Gasteiger partial charge in [-0.15, -0.1) is 0 Å². The average molecular weight is 434 g/mol. The van der Waals surface area contributed by atoms with Crippen molar-refractivity contribution in [1.29, 1.82) is 0 Å². The number of benzene rings is 2. The first-order valence-corrected chi connectivity index (χ1v) is 10.5. The number of aromatic nitrogens is 4. The Balaban J connectivity index is 1.48. The molecule has 1 amide bonds. The van der Waals surface area contributed by atoms with Gasteiger partial charge in [-0.2, -0.15) is 5.10 Å². The summed E-state index contributed by atoms with van der Waals surface area (Å²) in [4.78, 5) is 17.0. The summed E-state index contributed by atoms with van der Waals surface area (Å²) in [6.07, 6.45) is 5.38. The van der Waals surface area contributed by atoms with E-state index >= 15 is 0 Å². The zero-order chi connectivity index (χ0) is 22.0. The average Bonchev–Trinajstić information content (AvgIpc) is 3.38. The number of aryl methyl sites for hydroxylation is 2. The van der Waals surface area contributed by atoms with E-state index in [4.69, 9.17) is 11.6 Å². The molecule has 0 aliphatic rings. The van der Waals surface area contributed by atoms with Crippen molar-refractivity contribution in [3.8, 4) is 5.69 Å². The van der Waals surface area contributed by atoms with Gasteiger partial charge in [-0.3, -0.25) is 4.79 Å². The van der Waals surface area contributed by atoms with Gasteiger partial charge in [0.25, 0.3) is 5.91 Å². The van der Waals surface area contributed by atoms with Crippen molar-refractivity contribution in [2.45, 2.75) is 33.4 Å². The number of amides is 1. The van der Waals surface area contributed by atoms with Crippen LogP contribution in [-0.4, -0.2) is 25.2 Å². The predicted molar refractivity (Wildman–Crippen MR) is 122 cm³/mol. The molecule has 1 atom stereocenters. The number of imidazole rings is 1. The number of rotatable bonds is 6. The van der Waals surface area contributed by atoms with Crippen LogP contribution < -0.4 is 5.32 Å². The molecule has 0 fully saturated rings. The summed E-state index contributed by atoms with van der Waals surface area (Å²) in [5.74, 6) is -0.233. The highest BCUT2D eigenvalue weighted by Crippen LogP contribution is 2.23. The molecule has 0 saturated heterocycles. The summed E-state index contributed by atoms with van der Waals surface area (Å²) in [5, 5.41) is 7.87. The highest BCUT2D eigenvalue weighted by molar-refractivity contribution is 6.33. The van der Waals surface area contributed by atoms with Gasteiger partial charge < -0.3 is 9.88 Å². The fourth-order valence-electron chi connectivity index (χ4n) is 3.48. The minimum atomic E-state index is -0.233. The Labute approximate surface area is 186 Å². The van der Waals surface area contributed by atoms with Crippen molar-refractivity contribution in [1.82, 2.24) is 24.6 Å². The Hall–Kier alpha value is -3.38. The highest BCUT2D eigenvalue weighted by atomic mass is 35.5. The van der Waals surface area contributed by atoms with Gasteiger partial charge in [0.1, 0.15) is 5.15 Å². The van der Waals surface area contributed by atoms with Crippen LogP contribution in [0.25, 0.3) is 5.69 Å². The zero-order valence-corrected chi connectivity index (χ0v) is 18.5. The molecular formula is C24H24ClN5O. The standard InChI is InChI=1S/C24H24ClN5O/c1-16-4-6-19(7-5-16)14-30-23(25)22(18(3)28-30)24(31)27-17(2)20-8-10-21(11-9-20)29-13-12-26-15-29/h4-13,15,17H,14H2,1-3H3,(H,27,31). The minimum Gasteiger partial charge on any atom is -0.345 e. The van der Waals surface area contributed by atoms with Crippen LogP contribution in [0.4, 0.5) is 0 Å². The quantitative estimate of drug-likeness (QED) is 0.471. The molecule has 6 nitrogen and oxygen atoms in total. The molecular weight excluding hydrogens is 410 g/mol. The van der Waals surface area contributed by atoms with Crippen LogP contribution in [0.3, 0.4) is 0 Å². The van der Waals surface area contributed by atoms with Crippen molar-refractivity contribution in [3.05, 3.63) is 100 Å². The fourth-order valence-corrected chi connectivity index (χ4v) is 3.80. The van der Waals surface area contributed by atoms with Gasteiger partial charge in [0, 0.05) is 18.1 Å². The lowest BCUT2D eigenvalue weighted by Gasteiger charge is -2.15. The van der Waals surface area contributed by atoms with E-state index in [1.165, 1.54) is 5.56 Å². The molecule has 0 radical (unpaired) electrons. The lowest BCUT2D eigenvalue weighted by molar-refractivity contribution is 0.0939. The van der Waals surface area contributed by atoms with E-state index in [9.17, 15) is 4.79 Å². The summed E-state index contributed by atoms with van der Waals surface area (Å²) < 4.78 is 3.60. The smallest absolute Gasteiger partial charge is 0.256 e. The van der Waals surface area contributed by atoms with Crippen LogP contribution in [0.1, 0.15) is 45.7 Å². The van der Waals surface area contributed by atoms with Crippen LogP contribution >= 0.6 is 11.6 Å². The molecule has 4 rings (SSSR count). The van der Waals surface area contributed by atoms with E-state index in [0.717, 1.165) is 16.8 Å². The second kappa shape index (κ2) is 8.78. The fraction of sp³-hybridized carbons (Fsp3) is 0.208. The lowest BCUT2D eigenvalue weighted by Crippen LogP contribution is -2.27. The maximum atomic E-state index is 13.0. The van der Waals surface area contributed by atoms with Crippen LogP contribution in [0.15, 0.2) is 67.3 Å². The number of halogens is 1. The van der Waals surface area contributed by atoms with E-state index in [-0.39, 0.29) is 11.9 Å². The lowest BCUT2D eigenvalue weighted by atomic mass is 10.1. The van der Waals surface area contributed by atoms with Crippen molar-refractivity contribution < 1.29 is 4.79 Å². The second-order valence-corrected chi connectivity index (χ2v) is 8.01. The molecule has 31 heavy (non-hydrogen) atoms. The van der Waals surface area contributed by atoms with Crippen molar-refractivity contribution in [2.24, 2.45) is 0 Å². The van der Waals surface area contributed by atoms with Crippen molar-refractivity contribution in [2.75, 3.05) is 0 Å². The molecule has 2 heterocycles. The minimum absolute atomic E-state index is 0.180. The van der Waals surface area contributed by atoms with E-state index in [1.54, 1.807) is 24.1 Å². The molecule has 2 aromatic heterocycles. The summed E-state index contributed by atoms with van der Waals surface area (Å²) in [7, 11) is 0. The molecule has 1 N–H and O–H groups in total. The molecule has 0 bridgehead atoms. The molecule has 0 spiro atoms. The van der Waals surface area contributed by atoms with Gasteiger partial charge in [-0.05, 0) is 44.0 Å². The van der Waals surface area contributed by atoms with Crippen molar-refractivity contribution >= 4 is 17.5 Å². The Morgan fingerprint density at radius 2 is 1.81 bits per heavy atom. The van der Waals surface area contributed by atoms with E-state index in [1.807, 2.05) is 73.1 Å². The van der Waals surface area contributed by atoms with Crippen molar-refractivity contribution in [3.63, 3.8) is 0 Å². The Bertz CT molecular complexity index is 1180. The third kappa shape index (κ3) is 4.54. The zero-order valence-electron chi connectivity index (χ0n) is 17.7. The second-order valence-electron chi connectivity index (χ2n) is 7.65. The van der Waals surface area contributed by atoms with E-state index < -0.39 is 0 Å². The van der Waals surface area contributed by atoms with E-state index in [2.05, 4.69) is 15.4 Å². The summed E-state index contributed by atoms with van der Waals surface area (Å²) in [6.45, 7) is 6.31. The molecule has 0 aliphatic heterocycles. The molecule has 158 valence electrons. The first-order chi connectivity index (χ1) is 14.9. The number of carbonyl (C=O) groups is 1. The third-order valence-corrected chi connectivity index (χ3v) is 5.67. The first-order valence-electron chi connectivity index (χ1n) is 10.1. The van der Waals surface area contributed by atoms with Crippen LogP contribution in [0.2, 0.25) is 5.15 Å². The summed E-state index contributed by atoms with van der Waals surface area (Å²) in [6, 6.07) is 16.0. The topological polar surface area (TPSA) is 64.7 Å². The number of hydrogen-bond acceptors (Lipinski definition) is 3. The Morgan fingerprint density at radius 3 is 2.45 bits per heavy atom. The highest BCUT2D eigenvalue weighted by Gasteiger charge is 2.22. The Kier molecular flexibility index (Phi) is 5.91. The van der Waals surface area contributed by atoms with Gasteiger partial charge in [0.2, 0.25) is 0 Å². The van der Waals surface area contributed by atoms with E-state index in [0.29, 0.717) is 23.0 Å². The van der Waals surface area contributed by atoms with Gasteiger partial charge in [-0.1, -0.05) is 53.6 Å². The number of hydrogen-bond donors (Lipinski definition) is 1. The number of carbonyl (C=O) groups excluding carboxylic acids is 1. The molecule has 7 heteroatoms. The predicted octanol–water partition coefficient (Wildman–Crippen LogP) is 4.88. The maximum absolute atomic E-state index is 13.0. The molecule has 2 aromatic carbocycles. The Morgan fingerprint density at radius 1 is 1.10 bits per heavy atom. The monoisotopic (exact) mass is 433 g/mol. The SMILES string of the molecule is Cc1ccc(Cn2nc(C)c(C(=O)NC(C)c3ccc(-n4ccnc4)cc3)c2Cl)cc1. The van der Waals surface area contributed by atoms with Crippen LogP contribution in [0.5, 0.6) is 0 Å².